The lowest BCUT2D eigenvalue weighted by atomic mass is 10.1. The number of ether oxygens (including phenoxy) is 2. The first kappa shape index (κ1) is 23.1. The van der Waals surface area contributed by atoms with E-state index in [0.29, 0.717) is 42.0 Å². The summed E-state index contributed by atoms with van der Waals surface area (Å²) in [7, 11) is 0. The second kappa shape index (κ2) is 9.80. The van der Waals surface area contributed by atoms with Crippen LogP contribution in [0.2, 0.25) is 0 Å². The van der Waals surface area contributed by atoms with Gasteiger partial charge < -0.3 is 14.0 Å². The van der Waals surface area contributed by atoms with Crippen molar-refractivity contribution in [2.24, 2.45) is 0 Å². The zero-order valence-corrected chi connectivity index (χ0v) is 20.1. The molecule has 0 aliphatic carbocycles. The van der Waals surface area contributed by atoms with E-state index in [1.165, 1.54) is 5.56 Å². The van der Waals surface area contributed by atoms with Gasteiger partial charge in [0.1, 0.15) is 13.2 Å². The van der Waals surface area contributed by atoms with Crippen molar-refractivity contribution in [3.8, 4) is 11.5 Å². The first-order valence-corrected chi connectivity index (χ1v) is 11.5. The minimum atomic E-state index is -0.0954. The van der Waals surface area contributed by atoms with Gasteiger partial charge in [-0.1, -0.05) is 23.5 Å². The smallest absolute Gasteiger partial charge is 0.260 e. The Morgan fingerprint density at radius 2 is 1.91 bits per heavy atom. The monoisotopic (exact) mass is 484 g/mol. The lowest BCUT2D eigenvalue weighted by Crippen LogP contribution is -2.32. The molecule has 0 fully saturated rings. The Bertz CT molecular complexity index is 1230. The summed E-state index contributed by atoms with van der Waals surface area (Å²) in [6, 6.07) is 9.54. The summed E-state index contributed by atoms with van der Waals surface area (Å²) < 4.78 is 14.4. The molecular weight excluding hydrogens is 460 g/mol. The zero-order valence-electron chi connectivity index (χ0n) is 18.5. The third-order valence-electron chi connectivity index (χ3n) is 5.55. The highest BCUT2D eigenvalue weighted by molar-refractivity contribution is 7.22. The van der Waals surface area contributed by atoms with E-state index in [0.717, 1.165) is 28.7 Å². The molecule has 0 atom stereocenters. The highest BCUT2D eigenvalue weighted by Crippen LogP contribution is 2.35. The largest absolute Gasteiger partial charge is 0.486 e. The SMILES string of the molecule is Cc1ccc(C)c2sc(N(CCCn3ccnc3)C(=O)c3ccc4c(c3)OCCO4)nc12.Cl. The van der Waals surface area contributed by atoms with Crippen LogP contribution in [0.1, 0.15) is 27.9 Å². The van der Waals surface area contributed by atoms with Gasteiger partial charge in [0.2, 0.25) is 0 Å². The van der Waals surface area contributed by atoms with Crippen LogP contribution < -0.4 is 14.4 Å². The highest BCUT2D eigenvalue weighted by atomic mass is 35.5. The van der Waals surface area contributed by atoms with Gasteiger partial charge in [0, 0.05) is 31.0 Å². The quantitative estimate of drug-likeness (QED) is 0.383. The number of thiazole rings is 1. The van der Waals surface area contributed by atoms with Crippen molar-refractivity contribution >= 4 is 45.0 Å². The molecule has 0 saturated carbocycles. The third-order valence-corrected chi connectivity index (χ3v) is 6.77. The average Bonchev–Trinajstić information content (AvgIpc) is 3.49. The molecule has 3 heterocycles. The number of nitrogens with zero attached hydrogens (tertiary/aromatic N) is 4. The van der Waals surface area contributed by atoms with Crippen LogP contribution >= 0.6 is 23.7 Å². The van der Waals surface area contributed by atoms with E-state index >= 15 is 0 Å². The number of aromatic nitrogens is 3. The summed E-state index contributed by atoms with van der Waals surface area (Å²) in [5.41, 5.74) is 3.79. The number of aryl methyl sites for hydroxylation is 3. The number of benzene rings is 2. The number of anilines is 1. The van der Waals surface area contributed by atoms with Gasteiger partial charge in [-0.2, -0.15) is 0 Å². The topological polar surface area (TPSA) is 69.5 Å². The maximum absolute atomic E-state index is 13.6. The van der Waals surface area contributed by atoms with E-state index in [2.05, 4.69) is 31.0 Å². The van der Waals surface area contributed by atoms with Crippen LogP contribution in [-0.2, 0) is 6.54 Å². The van der Waals surface area contributed by atoms with Gasteiger partial charge in [-0.05, 0) is 49.6 Å². The van der Waals surface area contributed by atoms with E-state index in [4.69, 9.17) is 14.5 Å². The van der Waals surface area contributed by atoms with E-state index in [1.807, 2.05) is 10.8 Å². The first-order chi connectivity index (χ1) is 15.6. The van der Waals surface area contributed by atoms with Gasteiger partial charge in [-0.25, -0.2) is 9.97 Å². The van der Waals surface area contributed by atoms with Crippen molar-refractivity contribution in [2.45, 2.75) is 26.8 Å². The third kappa shape index (κ3) is 4.67. The Morgan fingerprint density at radius 3 is 2.67 bits per heavy atom. The lowest BCUT2D eigenvalue weighted by Gasteiger charge is -2.22. The van der Waals surface area contributed by atoms with E-state index in [9.17, 15) is 4.79 Å². The Hall–Kier alpha value is -3.10. The van der Waals surface area contributed by atoms with Crippen molar-refractivity contribution in [1.82, 2.24) is 14.5 Å². The predicted molar refractivity (Wildman–Crippen MR) is 132 cm³/mol. The summed E-state index contributed by atoms with van der Waals surface area (Å²) in [5, 5.41) is 0.711. The number of halogens is 1. The molecular formula is C24H25ClN4O3S. The number of amides is 1. The maximum atomic E-state index is 13.6. The van der Waals surface area contributed by atoms with Crippen molar-refractivity contribution in [1.29, 1.82) is 0 Å². The molecule has 33 heavy (non-hydrogen) atoms. The predicted octanol–water partition coefficient (Wildman–Crippen LogP) is 5.04. The molecule has 0 radical (unpaired) electrons. The summed E-state index contributed by atoms with van der Waals surface area (Å²) in [6.45, 7) is 6.45. The Labute approximate surface area is 202 Å². The minimum absolute atomic E-state index is 0. The standard InChI is InChI=1S/C24H24N4O3S.ClH/c1-16-4-5-17(2)22-21(16)26-24(32-22)28(10-3-9-27-11-8-25-15-27)23(29)18-6-7-19-20(14-18)31-13-12-30-19;/h4-8,11,14-15H,3,9-10,12-13H2,1-2H3;1H. The number of fused-ring (bicyclic) bond motifs is 2. The van der Waals surface area contributed by atoms with Gasteiger partial charge in [-0.3, -0.25) is 9.69 Å². The lowest BCUT2D eigenvalue weighted by molar-refractivity contribution is 0.0985. The van der Waals surface area contributed by atoms with Gasteiger partial charge >= 0.3 is 0 Å². The molecule has 9 heteroatoms. The number of carbonyl (C=O) groups is 1. The van der Waals surface area contributed by atoms with Crippen molar-refractivity contribution in [2.75, 3.05) is 24.7 Å². The highest BCUT2D eigenvalue weighted by Gasteiger charge is 2.24. The van der Waals surface area contributed by atoms with Crippen LogP contribution in [0.25, 0.3) is 10.2 Å². The zero-order chi connectivity index (χ0) is 22.1. The van der Waals surface area contributed by atoms with Crippen molar-refractivity contribution in [3.05, 3.63) is 65.7 Å². The van der Waals surface area contributed by atoms with Crippen molar-refractivity contribution < 1.29 is 14.3 Å². The van der Waals surface area contributed by atoms with Crippen LogP contribution in [0, 0.1) is 13.8 Å². The molecule has 172 valence electrons. The Kier molecular flexibility index (Phi) is 6.85. The van der Waals surface area contributed by atoms with Gasteiger partial charge in [-0.15, -0.1) is 12.4 Å². The Morgan fingerprint density at radius 1 is 1.12 bits per heavy atom. The molecule has 0 spiro atoms. The molecule has 2 aromatic heterocycles. The normalized spacial score (nSPS) is 12.4. The van der Waals surface area contributed by atoms with Crippen molar-refractivity contribution in [3.63, 3.8) is 0 Å². The van der Waals surface area contributed by atoms with E-state index in [-0.39, 0.29) is 18.3 Å². The molecule has 0 bridgehead atoms. The van der Waals surface area contributed by atoms with E-state index < -0.39 is 0 Å². The maximum Gasteiger partial charge on any atom is 0.260 e. The molecule has 7 nitrogen and oxygen atoms in total. The first-order valence-electron chi connectivity index (χ1n) is 10.6. The molecule has 1 amide bonds. The summed E-state index contributed by atoms with van der Waals surface area (Å²) in [6.07, 6.45) is 6.26. The van der Waals surface area contributed by atoms with E-state index in [1.54, 1.807) is 47.0 Å². The second-order valence-electron chi connectivity index (χ2n) is 7.84. The molecule has 4 aromatic rings. The van der Waals surface area contributed by atoms with Crippen LogP contribution in [0.3, 0.4) is 0 Å². The number of imidazole rings is 1. The fourth-order valence-electron chi connectivity index (χ4n) is 3.81. The fraction of sp³-hybridized carbons (Fsp3) is 0.292. The molecule has 1 aliphatic heterocycles. The summed E-state index contributed by atoms with van der Waals surface area (Å²) in [4.78, 5) is 24.4. The number of carbonyl (C=O) groups excluding carboxylic acids is 1. The molecule has 5 rings (SSSR count). The summed E-state index contributed by atoms with van der Waals surface area (Å²) >= 11 is 1.56. The van der Waals surface area contributed by atoms with Crippen LogP contribution in [-0.4, -0.2) is 40.2 Å². The number of hydrogen-bond donors (Lipinski definition) is 0. The van der Waals surface area contributed by atoms with Crippen LogP contribution in [0.5, 0.6) is 11.5 Å². The van der Waals surface area contributed by atoms with Crippen LogP contribution in [0.4, 0.5) is 5.13 Å². The van der Waals surface area contributed by atoms with Crippen LogP contribution in [0.15, 0.2) is 49.1 Å². The molecule has 1 aliphatic rings. The van der Waals surface area contributed by atoms with Gasteiger partial charge in [0.15, 0.2) is 16.6 Å². The van der Waals surface area contributed by atoms with Gasteiger partial charge in [0.25, 0.3) is 5.91 Å². The second-order valence-corrected chi connectivity index (χ2v) is 8.82. The average molecular weight is 485 g/mol. The number of rotatable bonds is 6. The minimum Gasteiger partial charge on any atom is -0.486 e. The fourth-order valence-corrected chi connectivity index (χ4v) is 4.95. The molecule has 0 N–H and O–H groups in total. The number of hydrogen-bond acceptors (Lipinski definition) is 6. The molecule has 0 unspecified atom stereocenters. The Balaban J connectivity index is 0.00000259. The molecule has 2 aromatic carbocycles. The van der Waals surface area contributed by atoms with Gasteiger partial charge in [0.05, 0.1) is 16.5 Å². The summed E-state index contributed by atoms with van der Waals surface area (Å²) in [5.74, 6) is 1.18. The molecule has 0 saturated heterocycles.